The van der Waals surface area contributed by atoms with Crippen LogP contribution < -0.4 is 27.3 Å². The van der Waals surface area contributed by atoms with Gasteiger partial charge in [0.25, 0.3) is 0 Å². The van der Waals surface area contributed by atoms with Gasteiger partial charge in [0.15, 0.2) is 16.8 Å². The molecule has 0 atom stereocenters. The van der Waals surface area contributed by atoms with Crippen molar-refractivity contribution in [2.45, 2.75) is 19.3 Å². The zero-order valence-corrected chi connectivity index (χ0v) is 20.5. The van der Waals surface area contributed by atoms with Crippen molar-refractivity contribution < 1.29 is 19.0 Å². The van der Waals surface area contributed by atoms with Crippen molar-refractivity contribution in [3.05, 3.63) is 40.7 Å². The van der Waals surface area contributed by atoms with Crippen LogP contribution in [-0.4, -0.2) is 61.9 Å². The minimum absolute atomic E-state index is 0. The van der Waals surface area contributed by atoms with Crippen molar-refractivity contribution in [2.24, 2.45) is 16.5 Å². The van der Waals surface area contributed by atoms with Gasteiger partial charge in [0.1, 0.15) is 23.9 Å². The second kappa shape index (κ2) is 15.9. The lowest BCUT2D eigenvalue weighted by Gasteiger charge is -2.09. The number of ether oxygens (including phenoxy) is 3. The van der Waals surface area contributed by atoms with Crippen LogP contribution in [0, 0.1) is 0 Å². The Labute approximate surface area is 209 Å². The topological polar surface area (TPSA) is 173 Å². The molecule has 34 heavy (non-hydrogen) atoms. The van der Waals surface area contributed by atoms with Crippen molar-refractivity contribution >= 4 is 47.5 Å². The van der Waals surface area contributed by atoms with Crippen molar-refractivity contribution in [3.8, 4) is 5.75 Å². The van der Waals surface area contributed by atoms with Crippen molar-refractivity contribution in [2.75, 3.05) is 51.1 Å². The number of aryl methyl sites for hydroxylation is 1. The van der Waals surface area contributed by atoms with Crippen molar-refractivity contribution in [1.29, 1.82) is 0 Å². The number of rotatable bonds is 14. The van der Waals surface area contributed by atoms with Gasteiger partial charge >= 0.3 is 6.03 Å². The van der Waals surface area contributed by atoms with Crippen molar-refractivity contribution in [3.63, 3.8) is 0 Å². The number of halogens is 2. The molecule has 0 fully saturated rings. The Kier molecular flexibility index (Phi) is 13.6. The van der Waals surface area contributed by atoms with E-state index in [0.29, 0.717) is 33.0 Å². The first-order chi connectivity index (χ1) is 15.9. The van der Waals surface area contributed by atoms with E-state index >= 15 is 0 Å². The number of carbonyl (C=O) groups is 1. The molecule has 0 aliphatic carbocycles. The molecule has 0 saturated carbocycles. The van der Waals surface area contributed by atoms with Crippen LogP contribution in [0.4, 0.5) is 16.4 Å². The molecule has 13 heteroatoms. The summed E-state index contributed by atoms with van der Waals surface area (Å²) in [5.74, 6) is 0.842. The van der Waals surface area contributed by atoms with Gasteiger partial charge in [-0.05, 0) is 37.0 Å². The molecule has 0 saturated heterocycles. The first-order valence-corrected chi connectivity index (χ1v) is 10.8. The van der Waals surface area contributed by atoms with Gasteiger partial charge in [-0.25, -0.2) is 14.8 Å². The number of amidine groups is 1. The number of hydrogen-bond donors (Lipinski definition) is 4. The Hall–Kier alpha value is -2.86. The fourth-order valence-corrected chi connectivity index (χ4v) is 2.87. The largest absolute Gasteiger partial charge is 0.491 e. The Bertz CT molecular complexity index is 930. The highest BCUT2D eigenvalue weighted by Gasteiger charge is 2.15. The molecule has 0 bridgehead atoms. The lowest BCUT2D eigenvalue weighted by atomic mass is 10.1. The van der Waals surface area contributed by atoms with E-state index < -0.39 is 6.03 Å². The molecule has 2 aromatic rings. The standard InChI is InChI=1S/C21H30ClN7O4.ClH/c1-31-10-11-32-12-13-33-15-7-5-14(6-8-15)4-2-3-9-26-18(23)16-20(29-21(25)30)28-19(24)17(22)27-16;/h5-8H,2-4,9-13H2,1H3,(H2,23,26)(H5,24,25,28,29,30);1H. The Balaban J connectivity index is 0.00000578. The molecule has 188 valence electrons. The number of unbranched alkanes of at least 4 members (excludes halogenated alkanes) is 1. The summed E-state index contributed by atoms with van der Waals surface area (Å²) >= 11 is 5.91. The van der Waals surface area contributed by atoms with E-state index in [1.807, 2.05) is 24.3 Å². The quantitative estimate of drug-likeness (QED) is 0.168. The van der Waals surface area contributed by atoms with Crippen LogP contribution in [-0.2, 0) is 15.9 Å². The number of amides is 2. The summed E-state index contributed by atoms with van der Waals surface area (Å²) in [6, 6.07) is 7.13. The maximum Gasteiger partial charge on any atom is 0.317 e. The van der Waals surface area contributed by atoms with Crippen LogP contribution in [0.1, 0.15) is 24.1 Å². The Morgan fingerprint density at radius 3 is 2.47 bits per heavy atom. The van der Waals surface area contributed by atoms with E-state index in [0.717, 1.165) is 25.0 Å². The van der Waals surface area contributed by atoms with Gasteiger partial charge < -0.3 is 31.4 Å². The molecule has 1 aromatic carbocycles. The third-order valence-electron chi connectivity index (χ3n) is 4.37. The number of carbonyl (C=O) groups excluding carboxylic acids is 1. The second-order valence-electron chi connectivity index (χ2n) is 6.91. The zero-order chi connectivity index (χ0) is 24.1. The fraction of sp³-hybridized carbons (Fsp3) is 0.429. The number of urea groups is 1. The van der Waals surface area contributed by atoms with E-state index in [9.17, 15) is 4.79 Å². The molecule has 1 aromatic heterocycles. The molecule has 0 spiro atoms. The molecular weight excluding hydrogens is 485 g/mol. The minimum Gasteiger partial charge on any atom is -0.491 e. The summed E-state index contributed by atoms with van der Waals surface area (Å²) in [5.41, 5.74) is 18.1. The van der Waals surface area contributed by atoms with Gasteiger partial charge in [-0.15, -0.1) is 12.4 Å². The number of methoxy groups -OCH3 is 1. The predicted molar refractivity (Wildman–Crippen MR) is 135 cm³/mol. The van der Waals surface area contributed by atoms with Gasteiger partial charge in [-0.2, -0.15) is 0 Å². The summed E-state index contributed by atoms with van der Waals surface area (Å²) in [7, 11) is 1.64. The number of nitrogens with two attached hydrogens (primary N) is 3. The number of hydrogen-bond acceptors (Lipinski definition) is 8. The smallest absolute Gasteiger partial charge is 0.317 e. The van der Waals surface area contributed by atoms with Crippen LogP contribution in [0.15, 0.2) is 29.3 Å². The lowest BCUT2D eigenvalue weighted by molar-refractivity contribution is 0.0544. The molecule has 1 heterocycles. The molecule has 0 aliphatic rings. The number of primary amides is 1. The summed E-state index contributed by atoms with van der Waals surface area (Å²) < 4.78 is 15.9. The third kappa shape index (κ3) is 10.4. The van der Waals surface area contributed by atoms with Gasteiger partial charge in [0.2, 0.25) is 0 Å². The Morgan fingerprint density at radius 1 is 1.09 bits per heavy atom. The number of nitrogens with one attached hydrogen (secondary N) is 1. The maximum absolute atomic E-state index is 11.2. The maximum atomic E-state index is 11.2. The number of nitrogen functional groups attached to an aromatic ring is 1. The third-order valence-corrected chi connectivity index (χ3v) is 4.65. The average Bonchev–Trinajstić information content (AvgIpc) is 2.78. The highest BCUT2D eigenvalue weighted by atomic mass is 35.5. The molecule has 11 nitrogen and oxygen atoms in total. The number of anilines is 2. The number of nitrogens with zero attached hydrogens (tertiary/aromatic N) is 3. The summed E-state index contributed by atoms with van der Waals surface area (Å²) in [5, 5.41) is 2.28. The number of aliphatic imine (C=N–C) groups is 1. The minimum atomic E-state index is -0.827. The van der Waals surface area contributed by atoms with Crippen LogP contribution >= 0.6 is 24.0 Å². The average molecular weight is 516 g/mol. The van der Waals surface area contributed by atoms with E-state index in [4.69, 9.17) is 43.0 Å². The normalized spacial score (nSPS) is 11.1. The van der Waals surface area contributed by atoms with Gasteiger partial charge in [0, 0.05) is 13.7 Å². The Morgan fingerprint density at radius 2 is 1.79 bits per heavy atom. The van der Waals surface area contributed by atoms with Crippen LogP contribution in [0.5, 0.6) is 5.75 Å². The summed E-state index contributed by atoms with van der Waals surface area (Å²) in [4.78, 5) is 23.5. The molecule has 0 aliphatic heterocycles. The molecule has 2 amide bonds. The monoisotopic (exact) mass is 515 g/mol. The van der Waals surface area contributed by atoms with Gasteiger partial charge in [-0.3, -0.25) is 10.3 Å². The molecular formula is C21H31Cl2N7O4. The first kappa shape index (κ1) is 29.2. The summed E-state index contributed by atoms with van der Waals surface area (Å²) in [6.07, 6.45) is 2.59. The van der Waals surface area contributed by atoms with Gasteiger partial charge in [-0.1, -0.05) is 23.7 Å². The molecule has 2 rings (SSSR count). The van der Waals surface area contributed by atoms with E-state index in [1.165, 1.54) is 5.56 Å². The second-order valence-corrected chi connectivity index (χ2v) is 7.27. The highest BCUT2D eigenvalue weighted by Crippen LogP contribution is 2.19. The van der Waals surface area contributed by atoms with Gasteiger partial charge in [0.05, 0.1) is 19.8 Å². The van der Waals surface area contributed by atoms with Crippen molar-refractivity contribution in [1.82, 2.24) is 9.97 Å². The predicted octanol–water partition coefficient (Wildman–Crippen LogP) is 2.39. The number of aromatic nitrogens is 2. The zero-order valence-electron chi connectivity index (χ0n) is 19.0. The number of benzene rings is 1. The molecule has 0 unspecified atom stereocenters. The van der Waals surface area contributed by atoms with Crippen LogP contribution in [0.2, 0.25) is 5.15 Å². The van der Waals surface area contributed by atoms with Crippen LogP contribution in [0.25, 0.3) is 0 Å². The van der Waals surface area contributed by atoms with E-state index in [1.54, 1.807) is 7.11 Å². The van der Waals surface area contributed by atoms with E-state index in [2.05, 4.69) is 20.3 Å². The summed E-state index contributed by atoms with van der Waals surface area (Å²) in [6.45, 7) is 2.60. The van der Waals surface area contributed by atoms with Crippen LogP contribution in [0.3, 0.4) is 0 Å². The lowest BCUT2D eigenvalue weighted by Crippen LogP contribution is -2.25. The first-order valence-electron chi connectivity index (χ1n) is 10.4. The van der Waals surface area contributed by atoms with E-state index in [-0.39, 0.29) is 40.7 Å². The molecule has 0 radical (unpaired) electrons. The molecule has 7 N–H and O–H groups in total. The highest BCUT2D eigenvalue weighted by molar-refractivity contribution is 6.31. The fourth-order valence-electron chi connectivity index (χ4n) is 2.74. The SMILES string of the molecule is COCCOCCOc1ccc(CCCCN=C(N)c2nc(Cl)c(N)nc2NC(N)=O)cc1.Cl.